The number of rotatable bonds is 5. The number of hydrogen-bond acceptors (Lipinski definition) is 3. The molecule has 0 fully saturated rings. The standard InChI is InChI=1S/C14H19NO3S/c1-4-19(17,18)10-9-14(16)15-13-7-5-12(6-8-13)11(2)3/h5-11H,4H2,1-3H3,(H,15,16)/b10-9+. The Morgan fingerprint density at radius 3 is 2.32 bits per heavy atom. The third-order valence-corrected chi connectivity index (χ3v) is 4.03. The van der Waals surface area contributed by atoms with Crippen molar-refractivity contribution in [2.24, 2.45) is 0 Å². The highest BCUT2D eigenvalue weighted by Crippen LogP contribution is 2.17. The highest BCUT2D eigenvalue weighted by atomic mass is 32.2. The maximum Gasteiger partial charge on any atom is 0.249 e. The van der Waals surface area contributed by atoms with Crippen LogP contribution in [0.3, 0.4) is 0 Å². The van der Waals surface area contributed by atoms with Crippen LogP contribution < -0.4 is 5.32 Å². The summed E-state index contributed by atoms with van der Waals surface area (Å²) < 4.78 is 22.4. The molecule has 0 atom stereocenters. The number of amides is 1. The molecule has 1 N–H and O–H groups in total. The monoisotopic (exact) mass is 281 g/mol. The van der Waals surface area contributed by atoms with E-state index in [1.807, 2.05) is 12.1 Å². The molecule has 0 bridgehead atoms. The van der Waals surface area contributed by atoms with Gasteiger partial charge in [0.1, 0.15) is 0 Å². The minimum atomic E-state index is -3.27. The first kappa shape index (κ1) is 15.4. The normalized spacial score (nSPS) is 12.0. The summed E-state index contributed by atoms with van der Waals surface area (Å²) >= 11 is 0. The van der Waals surface area contributed by atoms with Crippen LogP contribution in [0.25, 0.3) is 0 Å². The lowest BCUT2D eigenvalue weighted by molar-refractivity contribution is -0.111. The fourth-order valence-corrected chi connectivity index (χ4v) is 1.92. The van der Waals surface area contributed by atoms with Gasteiger partial charge in [0.05, 0.1) is 5.75 Å². The average molecular weight is 281 g/mol. The van der Waals surface area contributed by atoms with Crippen LogP contribution >= 0.6 is 0 Å². The van der Waals surface area contributed by atoms with E-state index in [4.69, 9.17) is 0 Å². The summed E-state index contributed by atoms with van der Waals surface area (Å²) in [4.78, 5) is 11.5. The Morgan fingerprint density at radius 1 is 1.26 bits per heavy atom. The molecule has 1 aromatic carbocycles. The third-order valence-electron chi connectivity index (χ3n) is 2.67. The number of sulfone groups is 1. The zero-order valence-electron chi connectivity index (χ0n) is 11.4. The number of carbonyl (C=O) groups is 1. The third kappa shape index (κ3) is 5.26. The summed E-state index contributed by atoms with van der Waals surface area (Å²) in [6, 6.07) is 7.48. The van der Waals surface area contributed by atoms with Crippen molar-refractivity contribution in [2.45, 2.75) is 26.7 Å². The van der Waals surface area contributed by atoms with Crippen LogP contribution in [-0.2, 0) is 14.6 Å². The SMILES string of the molecule is CCS(=O)(=O)/C=C/C(=O)Nc1ccc(C(C)C)cc1. The summed E-state index contributed by atoms with van der Waals surface area (Å²) in [5, 5.41) is 3.55. The fourth-order valence-electron chi connectivity index (χ4n) is 1.40. The van der Waals surface area contributed by atoms with Gasteiger partial charge in [-0.15, -0.1) is 0 Å². The second-order valence-electron chi connectivity index (χ2n) is 4.52. The molecule has 1 aromatic rings. The van der Waals surface area contributed by atoms with Crippen LogP contribution in [0, 0.1) is 0 Å². The molecule has 0 unspecified atom stereocenters. The molecule has 0 aliphatic rings. The van der Waals surface area contributed by atoms with Gasteiger partial charge in [0, 0.05) is 17.2 Å². The van der Waals surface area contributed by atoms with E-state index < -0.39 is 15.7 Å². The minimum Gasteiger partial charge on any atom is -0.322 e. The molecule has 0 aliphatic carbocycles. The Morgan fingerprint density at radius 2 is 1.84 bits per heavy atom. The lowest BCUT2D eigenvalue weighted by atomic mass is 10.0. The first-order valence-electron chi connectivity index (χ1n) is 6.16. The maximum absolute atomic E-state index is 11.5. The van der Waals surface area contributed by atoms with Crippen LogP contribution in [-0.4, -0.2) is 20.1 Å². The number of hydrogen-bond donors (Lipinski definition) is 1. The van der Waals surface area contributed by atoms with Gasteiger partial charge in [0.25, 0.3) is 0 Å². The maximum atomic E-state index is 11.5. The summed E-state index contributed by atoms with van der Waals surface area (Å²) in [6.07, 6.45) is 1.04. The minimum absolute atomic E-state index is 0.0140. The first-order valence-corrected chi connectivity index (χ1v) is 7.87. The highest BCUT2D eigenvalue weighted by Gasteiger charge is 2.04. The van der Waals surface area contributed by atoms with E-state index in [0.717, 1.165) is 11.5 Å². The van der Waals surface area contributed by atoms with E-state index in [0.29, 0.717) is 11.6 Å². The number of carbonyl (C=O) groups excluding carboxylic acids is 1. The van der Waals surface area contributed by atoms with Crippen LogP contribution in [0.15, 0.2) is 35.7 Å². The van der Waals surface area contributed by atoms with Crippen molar-refractivity contribution >= 4 is 21.4 Å². The largest absolute Gasteiger partial charge is 0.322 e. The zero-order valence-corrected chi connectivity index (χ0v) is 12.2. The van der Waals surface area contributed by atoms with Crippen LogP contribution in [0.5, 0.6) is 0 Å². The van der Waals surface area contributed by atoms with Crippen molar-refractivity contribution in [2.75, 3.05) is 11.1 Å². The molecule has 0 aliphatic heterocycles. The molecule has 104 valence electrons. The lowest BCUT2D eigenvalue weighted by Gasteiger charge is -2.07. The molecular formula is C14H19NO3S. The molecule has 0 aromatic heterocycles. The molecule has 19 heavy (non-hydrogen) atoms. The molecule has 0 spiro atoms. The molecule has 1 amide bonds. The summed E-state index contributed by atoms with van der Waals surface area (Å²) in [6.45, 7) is 5.71. The topological polar surface area (TPSA) is 63.2 Å². The van der Waals surface area contributed by atoms with Crippen molar-refractivity contribution in [3.05, 3.63) is 41.3 Å². The molecule has 0 radical (unpaired) electrons. The number of nitrogens with one attached hydrogen (secondary N) is 1. The lowest BCUT2D eigenvalue weighted by Crippen LogP contribution is -2.09. The van der Waals surface area contributed by atoms with Crippen LogP contribution in [0.4, 0.5) is 5.69 Å². The van der Waals surface area contributed by atoms with Crippen molar-refractivity contribution in [1.29, 1.82) is 0 Å². The molecule has 5 heteroatoms. The molecule has 0 saturated heterocycles. The number of anilines is 1. The molecule has 0 heterocycles. The summed E-state index contributed by atoms with van der Waals surface area (Å²) in [7, 11) is -3.27. The summed E-state index contributed by atoms with van der Waals surface area (Å²) in [5.74, 6) is -0.0338. The van der Waals surface area contributed by atoms with Crippen LogP contribution in [0.2, 0.25) is 0 Å². The molecule has 4 nitrogen and oxygen atoms in total. The molecular weight excluding hydrogens is 262 g/mol. The first-order chi connectivity index (χ1) is 8.84. The van der Waals surface area contributed by atoms with Gasteiger partial charge < -0.3 is 5.32 Å². The predicted octanol–water partition coefficient (Wildman–Crippen LogP) is 2.70. The van der Waals surface area contributed by atoms with Crippen molar-refractivity contribution in [3.8, 4) is 0 Å². The van der Waals surface area contributed by atoms with Crippen molar-refractivity contribution < 1.29 is 13.2 Å². The van der Waals surface area contributed by atoms with Gasteiger partial charge in [0.2, 0.25) is 5.91 Å². The van der Waals surface area contributed by atoms with Crippen molar-refractivity contribution in [1.82, 2.24) is 0 Å². The van der Waals surface area contributed by atoms with Gasteiger partial charge in [-0.1, -0.05) is 32.9 Å². The second kappa shape index (κ2) is 6.52. The zero-order chi connectivity index (χ0) is 14.5. The Bertz CT molecular complexity index is 557. The van der Waals surface area contributed by atoms with E-state index in [9.17, 15) is 13.2 Å². The number of benzene rings is 1. The summed E-state index contributed by atoms with van der Waals surface area (Å²) in [5.41, 5.74) is 1.83. The predicted molar refractivity (Wildman–Crippen MR) is 77.8 cm³/mol. The second-order valence-corrected chi connectivity index (χ2v) is 6.70. The fraction of sp³-hybridized carbons (Fsp3) is 0.357. The molecule has 1 rings (SSSR count). The Balaban J connectivity index is 2.68. The van der Waals surface area contributed by atoms with Gasteiger partial charge >= 0.3 is 0 Å². The van der Waals surface area contributed by atoms with E-state index >= 15 is 0 Å². The van der Waals surface area contributed by atoms with E-state index in [2.05, 4.69) is 19.2 Å². The Hall–Kier alpha value is -1.62. The molecule has 0 saturated carbocycles. The van der Waals surface area contributed by atoms with E-state index in [-0.39, 0.29) is 5.75 Å². The average Bonchev–Trinajstić information content (AvgIpc) is 2.37. The van der Waals surface area contributed by atoms with Gasteiger partial charge in [-0.3, -0.25) is 4.79 Å². The van der Waals surface area contributed by atoms with Gasteiger partial charge in [0.15, 0.2) is 9.84 Å². The van der Waals surface area contributed by atoms with Crippen molar-refractivity contribution in [3.63, 3.8) is 0 Å². The highest BCUT2D eigenvalue weighted by molar-refractivity contribution is 7.94. The Kier molecular flexibility index (Phi) is 5.30. The Labute approximate surface area is 114 Å². The van der Waals surface area contributed by atoms with Gasteiger partial charge in [-0.25, -0.2) is 8.42 Å². The van der Waals surface area contributed by atoms with Gasteiger partial charge in [-0.2, -0.15) is 0 Å². The smallest absolute Gasteiger partial charge is 0.249 e. The van der Waals surface area contributed by atoms with E-state index in [1.165, 1.54) is 12.5 Å². The quantitative estimate of drug-likeness (QED) is 0.844. The van der Waals surface area contributed by atoms with E-state index in [1.54, 1.807) is 12.1 Å². The van der Waals surface area contributed by atoms with Gasteiger partial charge in [-0.05, 0) is 23.6 Å². The van der Waals surface area contributed by atoms with Crippen LogP contribution in [0.1, 0.15) is 32.3 Å².